The van der Waals surface area contributed by atoms with Gasteiger partial charge in [0.1, 0.15) is 0 Å². The minimum absolute atomic E-state index is 0.0574. The van der Waals surface area contributed by atoms with Gasteiger partial charge in [-0.05, 0) is 30.7 Å². The molecule has 3 N–H and O–H groups in total. The van der Waals surface area contributed by atoms with Crippen LogP contribution in [0.25, 0.3) is 0 Å². The monoisotopic (exact) mass is 393 g/mol. The van der Waals surface area contributed by atoms with Gasteiger partial charge in [0.15, 0.2) is 17.5 Å². The topological polar surface area (TPSA) is 87.3 Å². The van der Waals surface area contributed by atoms with Gasteiger partial charge < -0.3 is 16.0 Å². The maximum Gasteiger partial charge on any atom is 0.251 e. The van der Waals surface area contributed by atoms with E-state index in [1.54, 1.807) is 30.3 Å². The van der Waals surface area contributed by atoms with Crippen LogP contribution in [0, 0.1) is 17.5 Å². The van der Waals surface area contributed by atoms with E-state index in [2.05, 4.69) is 10.6 Å². The summed E-state index contributed by atoms with van der Waals surface area (Å²) in [4.78, 5) is 35.2. The lowest BCUT2D eigenvalue weighted by molar-refractivity contribution is -0.124. The molecule has 2 aromatic rings. The average molecular weight is 393 g/mol. The van der Waals surface area contributed by atoms with Gasteiger partial charge in [0, 0.05) is 18.5 Å². The fourth-order valence-electron chi connectivity index (χ4n) is 2.23. The molecule has 0 aliphatic rings. The van der Waals surface area contributed by atoms with Crippen LogP contribution in [0.1, 0.15) is 23.2 Å². The molecular formula is C19H18F3N3O3. The number of nitrogens with one attached hydrogen (secondary N) is 3. The fourth-order valence-corrected chi connectivity index (χ4v) is 2.23. The van der Waals surface area contributed by atoms with Crippen molar-refractivity contribution >= 4 is 23.4 Å². The highest BCUT2D eigenvalue weighted by Crippen LogP contribution is 2.19. The first-order valence-corrected chi connectivity index (χ1v) is 8.41. The summed E-state index contributed by atoms with van der Waals surface area (Å²) in [7, 11) is 0. The zero-order valence-electron chi connectivity index (χ0n) is 14.7. The Kier molecular flexibility index (Phi) is 7.55. The Morgan fingerprint density at radius 1 is 0.821 bits per heavy atom. The summed E-state index contributed by atoms with van der Waals surface area (Å²) in [5, 5.41) is 7.02. The lowest BCUT2D eigenvalue weighted by atomic mass is 10.2. The number of carbonyl (C=O) groups is 3. The molecular weight excluding hydrogens is 375 g/mol. The molecule has 0 saturated heterocycles. The van der Waals surface area contributed by atoms with Gasteiger partial charge in [-0.3, -0.25) is 14.4 Å². The number of hydrogen-bond acceptors (Lipinski definition) is 3. The molecule has 0 radical (unpaired) electrons. The summed E-state index contributed by atoms with van der Waals surface area (Å²) in [6.07, 6.45) is 0.408. The molecule has 0 aromatic heterocycles. The molecule has 0 saturated carbocycles. The molecule has 2 aromatic carbocycles. The molecule has 28 heavy (non-hydrogen) atoms. The Hall–Kier alpha value is -3.36. The van der Waals surface area contributed by atoms with Gasteiger partial charge in [-0.25, -0.2) is 13.2 Å². The molecule has 0 aliphatic heterocycles. The van der Waals surface area contributed by atoms with E-state index in [0.717, 1.165) is 6.07 Å². The van der Waals surface area contributed by atoms with Crippen LogP contribution in [0.4, 0.5) is 18.9 Å². The zero-order chi connectivity index (χ0) is 20.5. The fraction of sp³-hybridized carbons (Fsp3) is 0.211. The first-order chi connectivity index (χ1) is 13.4. The van der Waals surface area contributed by atoms with E-state index >= 15 is 0 Å². The first-order valence-electron chi connectivity index (χ1n) is 8.41. The predicted molar refractivity (Wildman–Crippen MR) is 96.0 cm³/mol. The summed E-state index contributed by atoms with van der Waals surface area (Å²) in [5.74, 6) is -6.09. The van der Waals surface area contributed by atoms with Gasteiger partial charge in [-0.15, -0.1) is 0 Å². The van der Waals surface area contributed by atoms with Crippen LogP contribution in [-0.4, -0.2) is 30.8 Å². The second kappa shape index (κ2) is 10.1. The highest BCUT2D eigenvalue weighted by atomic mass is 19.2. The van der Waals surface area contributed by atoms with Crippen molar-refractivity contribution in [1.82, 2.24) is 10.6 Å². The number of halogens is 3. The van der Waals surface area contributed by atoms with Crippen molar-refractivity contribution in [2.24, 2.45) is 0 Å². The normalized spacial score (nSPS) is 10.2. The van der Waals surface area contributed by atoms with Gasteiger partial charge in [-0.1, -0.05) is 18.2 Å². The molecule has 0 spiro atoms. The van der Waals surface area contributed by atoms with Gasteiger partial charge in [0.25, 0.3) is 5.91 Å². The highest BCUT2D eigenvalue weighted by Gasteiger charge is 2.15. The Balaban J connectivity index is 1.66. The van der Waals surface area contributed by atoms with Crippen LogP contribution in [0.15, 0.2) is 42.5 Å². The van der Waals surface area contributed by atoms with Gasteiger partial charge in [-0.2, -0.15) is 0 Å². The van der Waals surface area contributed by atoms with E-state index in [0.29, 0.717) is 18.1 Å². The number of anilines is 1. The Labute approximate surface area is 159 Å². The Bertz CT molecular complexity index is 860. The van der Waals surface area contributed by atoms with Crippen molar-refractivity contribution in [3.8, 4) is 0 Å². The second-order valence-electron chi connectivity index (χ2n) is 5.77. The number of amides is 3. The number of hydrogen-bond donors (Lipinski definition) is 3. The third-order valence-corrected chi connectivity index (χ3v) is 3.66. The molecule has 3 amide bonds. The van der Waals surface area contributed by atoms with Crippen LogP contribution >= 0.6 is 0 Å². The first kappa shape index (κ1) is 20.9. The van der Waals surface area contributed by atoms with Crippen LogP contribution in [0.2, 0.25) is 0 Å². The minimum Gasteiger partial charge on any atom is -0.352 e. The van der Waals surface area contributed by atoms with E-state index in [4.69, 9.17) is 0 Å². The second-order valence-corrected chi connectivity index (χ2v) is 5.77. The number of carbonyl (C=O) groups excluding carboxylic acids is 3. The van der Waals surface area contributed by atoms with E-state index in [-0.39, 0.29) is 18.9 Å². The van der Waals surface area contributed by atoms with E-state index in [9.17, 15) is 27.6 Å². The molecule has 9 heteroatoms. The van der Waals surface area contributed by atoms with Crippen LogP contribution in [0.3, 0.4) is 0 Å². The third kappa shape index (κ3) is 6.11. The van der Waals surface area contributed by atoms with Crippen LogP contribution in [-0.2, 0) is 9.59 Å². The number of rotatable bonds is 8. The summed E-state index contributed by atoms with van der Waals surface area (Å²) in [6.45, 7) is -0.193. The molecule has 0 aliphatic carbocycles. The highest BCUT2D eigenvalue weighted by molar-refractivity contribution is 5.95. The van der Waals surface area contributed by atoms with Crippen molar-refractivity contribution in [1.29, 1.82) is 0 Å². The van der Waals surface area contributed by atoms with Gasteiger partial charge in [0.05, 0.1) is 12.2 Å². The average Bonchev–Trinajstić information content (AvgIpc) is 2.70. The molecule has 0 bridgehead atoms. The summed E-state index contributed by atoms with van der Waals surface area (Å²) >= 11 is 0. The zero-order valence-corrected chi connectivity index (χ0v) is 14.7. The molecule has 0 fully saturated rings. The largest absolute Gasteiger partial charge is 0.352 e. The Morgan fingerprint density at radius 2 is 1.54 bits per heavy atom. The van der Waals surface area contributed by atoms with Gasteiger partial charge in [0.2, 0.25) is 11.8 Å². The van der Waals surface area contributed by atoms with Crippen molar-refractivity contribution in [2.45, 2.75) is 12.8 Å². The Morgan fingerprint density at radius 3 is 2.25 bits per heavy atom. The van der Waals surface area contributed by atoms with Crippen molar-refractivity contribution in [2.75, 3.05) is 18.4 Å². The van der Waals surface area contributed by atoms with E-state index < -0.39 is 41.5 Å². The lowest BCUT2D eigenvalue weighted by Gasteiger charge is -2.09. The van der Waals surface area contributed by atoms with E-state index in [1.807, 2.05) is 5.32 Å². The summed E-state index contributed by atoms with van der Waals surface area (Å²) in [6, 6.07) is 10.1. The van der Waals surface area contributed by atoms with Crippen molar-refractivity contribution < 1.29 is 27.6 Å². The van der Waals surface area contributed by atoms with Crippen molar-refractivity contribution in [3.05, 3.63) is 65.5 Å². The SMILES string of the molecule is O=C(CCCNC(=O)c1ccccc1)NCC(=O)Nc1ccc(F)c(F)c1F. The molecule has 0 unspecified atom stereocenters. The molecule has 148 valence electrons. The minimum atomic E-state index is -1.70. The molecule has 0 heterocycles. The standard InChI is InChI=1S/C19H18F3N3O3/c20-13-8-9-14(18(22)17(13)21)25-16(27)11-24-15(26)7-4-10-23-19(28)12-5-2-1-3-6-12/h1-3,5-6,8-9H,4,7,10-11H2,(H,23,28)(H,24,26)(H,25,27). The summed E-state index contributed by atoms with van der Waals surface area (Å²) in [5.41, 5.74) is -0.0186. The third-order valence-electron chi connectivity index (χ3n) is 3.66. The summed E-state index contributed by atoms with van der Waals surface area (Å²) < 4.78 is 39.4. The van der Waals surface area contributed by atoms with Crippen LogP contribution < -0.4 is 16.0 Å². The maximum atomic E-state index is 13.5. The lowest BCUT2D eigenvalue weighted by Crippen LogP contribution is -2.33. The number of benzene rings is 2. The van der Waals surface area contributed by atoms with Gasteiger partial charge >= 0.3 is 0 Å². The smallest absolute Gasteiger partial charge is 0.251 e. The van der Waals surface area contributed by atoms with Crippen LogP contribution in [0.5, 0.6) is 0 Å². The molecule has 6 nitrogen and oxygen atoms in total. The maximum absolute atomic E-state index is 13.5. The van der Waals surface area contributed by atoms with Crippen molar-refractivity contribution in [3.63, 3.8) is 0 Å². The van der Waals surface area contributed by atoms with E-state index in [1.165, 1.54) is 0 Å². The molecule has 0 atom stereocenters. The molecule has 2 rings (SSSR count). The quantitative estimate of drug-likeness (QED) is 0.475. The predicted octanol–water partition coefficient (Wildman–Crippen LogP) is 2.37.